The monoisotopic (exact) mass is 539 g/mol. The zero-order chi connectivity index (χ0) is 27.7. The van der Waals surface area contributed by atoms with Crippen LogP contribution in [0.5, 0.6) is 11.5 Å². The Balaban J connectivity index is 1.12. The van der Waals surface area contributed by atoms with Crippen molar-refractivity contribution in [2.45, 2.75) is 25.2 Å². The van der Waals surface area contributed by atoms with Crippen molar-refractivity contribution in [3.05, 3.63) is 114 Å². The molecule has 0 saturated carbocycles. The van der Waals surface area contributed by atoms with Gasteiger partial charge in [-0.1, -0.05) is 48.5 Å². The van der Waals surface area contributed by atoms with Crippen molar-refractivity contribution >= 4 is 11.7 Å². The first-order valence-corrected chi connectivity index (χ1v) is 13.9. The summed E-state index contributed by atoms with van der Waals surface area (Å²) in [5, 5.41) is 12.9. The van der Waals surface area contributed by atoms with Gasteiger partial charge in [0.25, 0.3) is 5.91 Å². The van der Waals surface area contributed by atoms with Gasteiger partial charge in [0, 0.05) is 43.2 Å². The summed E-state index contributed by atoms with van der Waals surface area (Å²) in [7, 11) is 1.67. The highest BCUT2D eigenvalue weighted by Crippen LogP contribution is 2.31. The molecule has 1 saturated heterocycles. The van der Waals surface area contributed by atoms with Crippen molar-refractivity contribution in [2.75, 3.05) is 39.8 Å². The summed E-state index contributed by atoms with van der Waals surface area (Å²) < 4.78 is 11.1. The average Bonchev–Trinajstić information content (AvgIpc) is 3.00. The number of phenols is 1. The quantitative estimate of drug-likeness (QED) is 0.362. The Labute approximate surface area is 236 Å². The van der Waals surface area contributed by atoms with Crippen LogP contribution in [0.1, 0.15) is 45.8 Å². The molecule has 2 heterocycles. The fourth-order valence-corrected chi connectivity index (χ4v) is 5.45. The van der Waals surface area contributed by atoms with Gasteiger partial charge >= 0.3 is 0 Å². The van der Waals surface area contributed by atoms with Crippen molar-refractivity contribution in [1.82, 2.24) is 15.1 Å². The van der Waals surface area contributed by atoms with E-state index >= 15 is 0 Å². The molecule has 3 aromatic carbocycles. The van der Waals surface area contributed by atoms with Crippen LogP contribution in [0.4, 0.5) is 0 Å². The van der Waals surface area contributed by atoms with Gasteiger partial charge in [0.1, 0.15) is 23.5 Å². The lowest BCUT2D eigenvalue weighted by atomic mass is 9.86. The van der Waals surface area contributed by atoms with Crippen molar-refractivity contribution in [1.29, 1.82) is 0 Å². The van der Waals surface area contributed by atoms with Crippen molar-refractivity contribution in [3.63, 3.8) is 0 Å². The normalized spacial score (nSPS) is 15.8. The molecule has 7 heteroatoms. The van der Waals surface area contributed by atoms with Gasteiger partial charge in [-0.25, -0.2) is 0 Å². The number of likely N-dealkylation sites (tertiary alicyclic amines) is 1. The number of amides is 1. The van der Waals surface area contributed by atoms with Gasteiger partial charge in [0.2, 0.25) is 0 Å². The summed E-state index contributed by atoms with van der Waals surface area (Å²) in [5.74, 6) is 2.14. The Morgan fingerprint density at radius 2 is 1.82 bits per heavy atom. The summed E-state index contributed by atoms with van der Waals surface area (Å²) in [6.45, 7) is 4.32. The highest BCUT2D eigenvalue weighted by Gasteiger charge is 2.24. The fourth-order valence-electron chi connectivity index (χ4n) is 5.45. The van der Waals surface area contributed by atoms with E-state index in [4.69, 9.17) is 9.47 Å². The standard InChI is InChI=1S/C33H37N3O4/c1-39-31-12-5-2-7-26(31)13-16-34-33(38)30-11-4-3-10-29(30)25-14-17-35(18-15-25)19-20-36-21-22-40-32(24-36)27-8-6-9-28(37)23-27/h2-12,21-25,37H,13-20H2,1H3,(H,34,38). The number of ether oxygens (including phenoxy) is 2. The van der Waals surface area contributed by atoms with Crippen molar-refractivity contribution in [3.8, 4) is 11.5 Å². The van der Waals surface area contributed by atoms with Gasteiger partial charge < -0.3 is 29.7 Å². The summed E-state index contributed by atoms with van der Waals surface area (Å²) in [6.07, 6.45) is 8.36. The van der Waals surface area contributed by atoms with E-state index in [2.05, 4.69) is 21.2 Å². The van der Waals surface area contributed by atoms with Gasteiger partial charge in [-0.2, -0.15) is 0 Å². The van der Waals surface area contributed by atoms with E-state index < -0.39 is 0 Å². The fraction of sp³-hybridized carbons (Fsp3) is 0.303. The van der Waals surface area contributed by atoms with Crippen LogP contribution in [0.2, 0.25) is 0 Å². The second-order valence-electron chi connectivity index (χ2n) is 10.2. The molecule has 0 unspecified atom stereocenters. The second-order valence-corrected chi connectivity index (χ2v) is 10.2. The van der Waals surface area contributed by atoms with E-state index in [-0.39, 0.29) is 11.7 Å². The Morgan fingerprint density at radius 3 is 2.65 bits per heavy atom. The maximum Gasteiger partial charge on any atom is 0.251 e. The highest BCUT2D eigenvalue weighted by molar-refractivity contribution is 5.95. The first kappa shape index (κ1) is 27.3. The van der Waals surface area contributed by atoms with Gasteiger partial charge in [-0.15, -0.1) is 0 Å². The van der Waals surface area contributed by atoms with E-state index in [0.29, 0.717) is 12.5 Å². The first-order valence-electron chi connectivity index (χ1n) is 13.9. The lowest BCUT2D eigenvalue weighted by molar-refractivity contribution is 0.0951. The summed E-state index contributed by atoms with van der Waals surface area (Å²) in [5.41, 5.74) is 3.86. The minimum atomic E-state index is -0.0126. The van der Waals surface area contributed by atoms with E-state index in [1.165, 1.54) is 0 Å². The molecule has 0 bridgehead atoms. The number of phenolic OH excluding ortho intramolecular Hbond substituents is 1. The molecule has 0 aliphatic carbocycles. The third kappa shape index (κ3) is 6.85. The third-order valence-electron chi connectivity index (χ3n) is 7.64. The number of hydrogen-bond donors (Lipinski definition) is 2. The number of aromatic hydroxyl groups is 1. The molecule has 1 amide bonds. The predicted octanol–water partition coefficient (Wildman–Crippen LogP) is 5.35. The molecule has 208 valence electrons. The number of methoxy groups -OCH3 is 1. The minimum absolute atomic E-state index is 0.0126. The number of carbonyl (C=O) groups excluding carboxylic acids is 1. The number of carbonyl (C=O) groups is 1. The first-order chi connectivity index (χ1) is 19.6. The zero-order valence-corrected chi connectivity index (χ0v) is 23.0. The van der Waals surface area contributed by atoms with Crippen LogP contribution in [0, 0.1) is 0 Å². The molecule has 5 rings (SSSR count). The highest BCUT2D eigenvalue weighted by atomic mass is 16.5. The van der Waals surface area contributed by atoms with Crippen LogP contribution in [-0.2, 0) is 11.2 Å². The smallest absolute Gasteiger partial charge is 0.251 e. The minimum Gasteiger partial charge on any atom is -0.508 e. The molecule has 0 atom stereocenters. The largest absolute Gasteiger partial charge is 0.508 e. The maximum absolute atomic E-state index is 13.1. The molecule has 0 spiro atoms. The molecule has 1 fully saturated rings. The van der Waals surface area contributed by atoms with Crippen LogP contribution in [0.15, 0.2) is 91.5 Å². The van der Waals surface area contributed by atoms with E-state index in [0.717, 1.165) is 79.2 Å². The van der Waals surface area contributed by atoms with Gasteiger partial charge in [0.05, 0.1) is 7.11 Å². The number of benzene rings is 3. The molecule has 2 aliphatic heterocycles. The molecule has 40 heavy (non-hydrogen) atoms. The van der Waals surface area contributed by atoms with Crippen LogP contribution in [0.3, 0.4) is 0 Å². The number of piperidine rings is 1. The molecular weight excluding hydrogens is 502 g/mol. The second kappa shape index (κ2) is 13.2. The lowest BCUT2D eigenvalue weighted by Crippen LogP contribution is -2.38. The molecule has 2 N–H and O–H groups in total. The average molecular weight is 540 g/mol. The van der Waals surface area contributed by atoms with Crippen molar-refractivity contribution in [2.24, 2.45) is 0 Å². The number of nitrogens with zero attached hydrogens (tertiary/aromatic N) is 2. The van der Waals surface area contributed by atoms with Crippen molar-refractivity contribution < 1.29 is 19.4 Å². The Kier molecular flexibility index (Phi) is 9.04. The Hall–Kier alpha value is -4.23. The molecule has 7 nitrogen and oxygen atoms in total. The number of hydrogen-bond acceptors (Lipinski definition) is 6. The molecule has 0 radical (unpaired) electrons. The molecule has 3 aromatic rings. The van der Waals surface area contributed by atoms with E-state index in [1.54, 1.807) is 25.5 Å². The third-order valence-corrected chi connectivity index (χ3v) is 7.64. The van der Waals surface area contributed by atoms with E-state index in [1.807, 2.05) is 67.0 Å². The van der Waals surface area contributed by atoms with Crippen LogP contribution >= 0.6 is 0 Å². The van der Waals surface area contributed by atoms with Crippen LogP contribution in [-0.4, -0.2) is 60.6 Å². The summed E-state index contributed by atoms with van der Waals surface area (Å²) in [4.78, 5) is 17.8. The van der Waals surface area contributed by atoms with Gasteiger partial charge in [-0.05, 0) is 73.7 Å². The Morgan fingerprint density at radius 1 is 1.02 bits per heavy atom. The molecule has 0 aromatic heterocycles. The SMILES string of the molecule is COc1ccccc1CCNC(=O)c1ccccc1C1CCN(CCN2C=COC(c3cccc(O)c3)=C2)CC1. The zero-order valence-electron chi connectivity index (χ0n) is 23.0. The summed E-state index contributed by atoms with van der Waals surface area (Å²) >= 11 is 0. The van der Waals surface area contributed by atoms with Gasteiger partial charge in [0.15, 0.2) is 0 Å². The van der Waals surface area contributed by atoms with Gasteiger partial charge in [-0.3, -0.25) is 4.79 Å². The topological polar surface area (TPSA) is 74.3 Å². The summed E-state index contributed by atoms with van der Waals surface area (Å²) in [6, 6.07) is 23.1. The maximum atomic E-state index is 13.1. The number of nitrogens with one attached hydrogen (secondary N) is 1. The Bertz CT molecular complexity index is 1360. The number of rotatable bonds is 10. The van der Waals surface area contributed by atoms with Crippen LogP contribution < -0.4 is 10.1 Å². The van der Waals surface area contributed by atoms with Crippen LogP contribution in [0.25, 0.3) is 5.76 Å². The van der Waals surface area contributed by atoms with E-state index in [9.17, 15) is 9.90 Å². The lowest BCUT2D eigenvalue weighted by Gasteiger charge is -2.34. The molecule has 2 aliphatic rings. The molecular formula is C33H37N3O4. The predicted molar refractivity (Wildman–Crippen MR) is 157 cm³/mol. The number of para-hydroxylation sites is 1.